The first kappa shape index (κ1) is 30.4. The van der Waals surface area contributed by atoms with Crippen LogP contribution in [-0.4, -0.2) is 4.57 Å². The molecule has 3 nitrogen and oxygen atoms in total. The van der Waals surface area contributed by atoms with Crippen LogP contribution in [0.15, 0.2) is 206 Å². The van der Waals surface area contributed by atoms with Crippen molar-refractivity contribution in [1.82, 2.24) is 4.57 Å². The number of rotatable bonds is 6. The molecule has 8 aromatic carbocycles. The Balaban J connectivity index is 1.22. The highest BCUT2D eigenvalue weighted by molar-refractivity contribution is 7.70. The number of hydrogen-bond donors (Lipinski definition) is 0. The van der Waals surface area contributed by atoms with Gasteiger partial charge in [0.25, 0.3) is 0 Å². The van der Waals surface area contributed by atoms with E-state index < -0.39 is 8.22 Å². The highest BCUT2D eigenvalue weighted by Crippen LogP contribution is 2.65. The van der Waals surface area contributed by atoms with Gasteiger partial charge in [-0.1, -0.05) is 140 Å². The monoisotopic (exact) mass is 683 g/mol. The quantitative estimate of drug-likeness (QED) is 0.162. The molecule has 1 aliphatic rings. The summed E-state index contributed by atoms with van der Waals surface area (Å²) < 4.78 is 7.56. The molecular weight excluding hydrogens is 650 g/mol. The Morgan fingerprint density at radius 3 is 1.25 bits per heavy atom. The van der Waals surface area contributed by atoms with Gasteiger partial charge in [0.15, 0.2) is 0 Å². The van der Waals surface area contributed by atoms with Crippen LogP contribution in [-0.2, 0) is 0 Å². The first-order valence-electron chi connectivity index (χ1n) is 17.7. The first-order valence-corrected chi connectivity index (χ1v) is 19.0. The Bertz CT molecular complexity index is 2580. The maximum Gasteiger partial charge on any atom is 0.138 e. The van der Waals surface area contributed by atoms with Crippen LogP contribution < -0.4 is 14.6 Å². The predicted octanol–water partition coefficient (Wildman–Crippen LogP) is 13.0. The number of anilines is 4. The minimum absolute atomic E-state index is 0.988. The van der Waals surface area contributed by atoms with Gasteiger partial charge in [0.2, 0.25) is 0 Å². The van der Waals surface area contributed by atoms with Crippen molar-refractivity contribution in [3.8, 4) is 27.9 Å². The average molecular weight is 684 g/mol. The normalized spacial score (nSPS) is 13.9. The molecule has 52 heavy (non-hydrogen) atoms. The Morgan fingerprint density at radius 1 is 0.308 bits per heavy atom. The van der Waals surface area contributed by atoms with Gasteiger partial charge in [-0.15, -0.1) is 0 Å². The van der Waals surface area contributed by atoms with Crippen molar-refractivity contribution in [2.24, 2.45) is 0 Å². The fraction of sp³-hybridized carbons (Fsp3) is 0. The zero-order valence-corrected chi connectivity index (χ0v) is 29.3. The van der Waals surface area contributed by atoms with Crippen molar-refractivity contribution in [2.75, 3.05) is 9.34 Å². The number of aromatic nitrogens is 1. The van der Waals surface area contributed by atoms with Crippen LogP contribution in [0.25, 0.3) is 49.7 Å². The average Bonchev–Trinajstić information content (AvgIpc) is 3.74. The lowest BCUT2D eigenvalue weighted by molar-refractivity contribution is 1.18. The third-order valence-electron chi connectivity index (χ3n) is 10.0. The summed E-state index contributed by atoms with van der Waals surface area (Å²) in [7, 11) is -0.988. The van der Waals surface area contributed by atoms with Crippen molar-refractivity contribution >= 4 is 58.1 Å². The molecule has 246 valence electrons. The van der Waals surface area contributed by atoms with E-state index in [4.69, 9.17) is 0 Å². The summed E-state index contributed by atoms with van der Waals surface area (Å²) in [6, 6.07) is 74.9. The summed E-state index contributed by atoms with van der Waals surface area (Å²) >= 11 is 0. The lowest BCUT2D eigenvalue weighted by Crippen LogP contribution is -2.21. The van der Waals surface area contributed by atoms with E-state index in [0.29, 0.717) is 0 Å². The molecular formula is C48H34N3P. The molecule has 0 N–H and O–H groups in total. The van der Waals surface area contributed by atoms with Crippen LogP contribution in [0.4, 0.5) is 22.7 Å². The van der Waals surface area contributed by atoms with E-state index in [1.54, 1.807) is 0 Å². The zero-order chi connectivity index (χ0) is 34.4. The van der Waals surface area contributed by atoms with Gasteiger partial charge in [-0.2, -0.15) is 0 Å². The third-order valence-corrected chi connectivity index (χ3v) is 12.4. The van der Waals surface area contributed by atoms with Crippen LogP contribution in [0.3, 0.4) is 0 Å². The molecule has 1 unspecified atom stereocenters. The molecule has 2 heterocycles. The Labute approximate surface area is 305 Å². The van der Waals surface area contributed by atoms with E-state index in [1.807, 2.05) is 0 Å². The molecule has 10 rings (SSSR count). The van der Waals surface area contributed by atoms with Crippen LogP contribution in [0.1, 0.15) is 0 Å². The van der Waals surface area contributed by atoms with Crippen LogP contribution in [0.2, 0.25) is 0 Å². The highest BCUT2D eigenvalue weighted by Gasteiger charge is 2.40. The molecule has 0 aliphatic carbocycles. The van der Waals surface area contributed by atoms with Gasteiger partial charge in [0, 0.05) is 33.1 Å². The number of fused-ring (bicyclic) bond motifs is 4. The smallest absolute Gasteiger partial charge is 0.138 e. The maximum atomic E-state index is 2.56. The third kappa shape index (κ3) is 5.09. The van der Waals surface area contributed by atoms with Crippen LogP contribution in [0, 0.1) is 0 Å². The van der Waals surface area contributed by atoms with Gasteiger partial charge in [-0.3, -0.25) is 9.34 Å². The van der Waals surface area contributed by atoms with Crippen LogP contribution >= 0.6 is 8.22 Å². The summed E-state index contributed by atoms with van der Waals surface area (Å²) in [5, 5.41) is 3.78. The topological polar surface area (TPSA) is 11.4 Å². The van der Waals surface area contributed by atoms with Crippen molar-refractivity contribution in [3.05, 3.63) is 206 Å². The standard InChI is InChI=1S/C48H34N3P/c1-6-16-35(17-7-1)37-26-29-45-43(32-37)44-33-38(36-18-8-2-9-19-36)27-30-46(44)49(45)41-28-31-47-48(34-41)51(40-22-12-4-13-23-40)52(42-24-14-5-15-25-42)50(47)39-20-10-3-11-21-39/h1-34H. The van der Waals surface area contributed by atoms with E-state index in [9.17, 15) is 0 Å². The van der Waals surface area contributed by atoms with Gasteiger partial charge in [-0.25, -0.2) is 0 Å². The Hall–Kier alpha value is -6.41. The maximum absolute atomic E-state index is 2.56. The lowest BCUT2D eigenvalue weighted by atomic mass is 10.0. The van der Waals surface area contributed by atoms with Crippen molar-refractivity contribution in [2.45, 2.75) is 0 Å². The van der Waals surface area contributed by atoms with E-state index in [2.05, 4.69) is 220 Å². The number of nitrogens with zero attached hydrogens (tertiary/aromatic N) is 3. The molecule has 0 bridgehead atoms. The second-order valence-electron chi connectivity index (χ2n) is 13.1. The molecule has 1 aliphatic heterocycles. The lowest BCUT2D eigenvalue weighted by Gasteiger charge is -2.32. The molecule has 0 spiro atoms. The van der Waals surface area contributed by atoms with E-state index >= 15 is 0 Å². The highest BCUT2D eigenvalue weighted by atomic mass is 31.1. The molecule has 0 saturated heterocycles. The van der Waals surface area contributed by atoms with E-state index in [0.717, 1.165) is 5.69 Å². The SMILES string of the molecule is c1ccc(-c2ccc3c(c2)c2cc(-c4ccccc4)ccc2n3-c2ccc3c(c2)N(c2ccccc2)P(c2ccccc2)N3c2ccccc2)cc1. The number of para-hydroxylation sites is 2. The van der Waals surface area contributed by atoms with Gasteiger partial charge < -0.3 is 4.57 Å². The van der Waals surface area contributed by atoms with Gasteiger partial charge >= 0.3 is 0 Å². The van der Waals surface area contributed by atoms with Gasteiger partial charge in [-0.05, 0) is 89.0 Å². The summed E-state index contributed by atoms with van der Waals surface area (Å²) in [6.45, 7) is 0. The second-order valence-corrected chi connectivity index (χ2v) is 15.0. The second kappa shape index (κ2) is 12.7. The Morgan fingerprint density at radius 2 is 0.750 bits per heavy atom. The predicted molar refractivity (Wildman–Crippen MR) is 222 cm³/mol. The Kier molecular flexibility index (Phi) is 7.44. The largest absolute Gasteiger partial charge is 0.309 e. The number of benzene rings is 8. The van der Waals surface area contributed by atoms with Gasteiger partial charge in [0.05, 0.1) is 22.4 Å². The van der Waals surface area contributed by atoms with Crippen molar-refractivity contribution in [3.63, 3.8) is 0 Å². The molecule has 0 amide bonds. The summed E-state index contributed by atoms with van der Waals surface area (Å²) in [6.07, 6.45) is 0. The zero-order valence-electron chi connectivity index (χ0n) is 28.4. The first-order chi connectivity index (χ1) is 25.8. The molecule has 0 saturated carbocycles. The minimum atomic E-state index is -0.988. The molecule has 4 heteroatoms. The molecule has 1 aromatic heterocycles. The minimum Gasteiger partial charge on any atom is -0.309 e. The van der Waals surface area contributed by atoms with E-state index in [-0.39, 0.29) is 0 Å². The summed E-state index contributed by atoms with van der Waals surface area (Å²) in [5.41, 5.74) is 13.1. The summed E-state index contributed by atoms with van der Waals surface area (Å²) in [5.74, 6) is 0. The van der Waals surface area contributed by atoms with Crippen LogP contribution in [0.5, 0.6) is 0 Å². The molecule has 1 atom stereocenters. The molecule has 0 fully saturated rings. The molecule has 9 aromatic rings. The number of hydrogen-bond acceptors (Lipinski definition) is 2. The fourth-order valence-corrected chi connectivity index (χ4v) is 10.2. The van der Waals surface area contributed by atoms with Crippen molar-refractivity contribution in [1.29, 1.82) is 0 Å². The van der Waals surface area contributed by atoms with Crippen molar-refractivity contribution < 1.29 is 0 Å². The fourth-order valence-electron chi connectivity index (χ4n) is 7.64. The van der Waals surface area contributed by atoms with Gasteiger partial charge in [0.1, 0.15) is 8.22 Å². The van der Waals surface area contributed by atoms with E-state index in [1.165, 1.54) is 72.1 Å². The molecule has 0 radical (unpaired) electrons. The summed E-state index contributed by atoms with van der Waals surface area (Å²) in [4.78, 5) is 0.